The molecule has 0 heterocycles. The fourth-order valence-electron chi connectivity index (χ4n) is 1.99. The summed E-state index contributed by atoms with van der Waals surface area (Å²) in [6.07, 6.45) is 3.69. The van der Waals surface area contributed by atoms with Crippen LogP contribution in [0.15, 0.2) is 22.7 Å². The molecule has 2 nitrogen and oxygen atoms in total. The maximum atomic E-state index is 13.0. The van der Waals surface area contributed by atoms with E-state index in [4.69, 9.17) is 4.74 Å². The van der Waals surface area contributed by atoms with E-state index in [0.29, 0.717) is 0 Å². The maximum absolute atomic E-state index is 13.0. The average molecular weight is 330 g/mol. The standard InChI is InChI=1S/C15H21BrFNO/c1-11(14-6-5-13(17)9-15(14)16)18-7-2-8-19-10-12-3-4-12/h5-6,9,11-12,18H,2-4,7-8,10H2,1H3. The molecule has 1 saturated carbocycles. The number of benzene rings is 1. The van der Waals surface area contributed by atoms with E-state index in [9.17, 15) is 4.39 Å². The molecule has 1 fully saturated rings. The van der Waals surface area contributed by atoms with Crippen molar-refractivity contribution in [1.29, 1.82) is 0 Å². The van der Waals surface area contributed by atoms with Gasteiger partial charge in [0.25, 0.3) is 0 Å². The highest BCUT2D eigenvalue weighted by Crippen LogP contribution is 2.28. The molecule has 19 heavy (non-hydrogen) atoms. The van der Waals surface area contributed by atoms with Crippen LogP contribution in [0.3, 0.4) is 0 Å². The second kappa shape index (κ2) is 7.36. The van der Waals surface area contributed by atoms with Gasteiger partial charge in [0.1, 0.15) is 5.82 Å². The number of nitrogens with one attached hydrogen (secondary N) is 1. The molecule has 1 aliphatic rings. The quantitative estimate of drug-likeness (QED) is 0.726. The Kier molecular flexibility index (Phi) is 5.79. The van der Waals surface area contributed by atoms with Gasteiger partial charge in [-0.25, -0.2) is 4.39 Å². The lowest BCUT2D eigenvalue weighted by Gasteiger charge is -2.16. The summed E-state index contributed by atoms with van der Waals surface area (Å²) in [5.41, 5.74) is 1.08. The molecule has 4 heteroatoms. The molecular weight excluding hydrogens is 309 g/mol. The molecule has 0 amide bonds. The molecular formula is C15H21BrFNO. The molecule has 1 aliphatic carbocycles. The topological polar surface area (TPSA) is 21.3 Å². The van der Waals surface area contributed by atoms with Gasteiger partial charge in [0.15, 0.2) is 0 Å². The summed E-state index contributed by atoms with van der Waals surface area (Å²) in [7, 11) is 0. The number of halogens is 2. The van der Waals surface area contributed by atoms with Crippen molar-refractivity contribution >= 4 is 15.9 Å². The normalized spacial score (nSPS) is 16.6. The van der Waals surface area contributed by atoms with Gasteiger partial charge in [-0.05, 0) is 56.3 Å². The van der Waals surface area contributed by atoms with Gasteiger partial charge in [0, 0.05) is 23.7 Å². The first-order valence-corrected chi connectivity index (χ1v) is 7.72. The van der Waals surface area contributed by atoms with E-state index in [-0.39, 0.29) is 11.9 Å². The van der Waals surface area contributed by atoms with E-state index in [1.165, 1.54) is 25.0 Å². The Morgan fingerprint density at radius 3 is 2.95 bits per heavy atom. The van der Waals surface area contributed by atoms with Crippen LogP contribution in [0.4, 0.5) is 4.39 Å². The lowest BCUT2D eigenvalue weighted by molar-refractivity contribution is 0.121. The summed E-state index contributed by atoms with van der Waals surface area (Å²) in [6, 6.07) is 5.03. The molecule has 0 saturated heterocycles. The molecule has 1 aromatic carbocycles. The first-order chi connectivity index (χ1) is 9.16. The Morgan fingerprint density at radius 1 is 1.47 bits per heavy atom. The van der Waals surface area contributed by atoms with Crippen molar-refractivity contribution in [3.8, 4) is 0 Å². The van der Waals surface area contributed by atoms with Crippen LogP contribution >= 0.6 is 15.9 Å². The van der Waals surface area contributed by atoms with E-state index in [1.54, 1.807) is 0 Å². The number of hydrogen-bond acceptors (Lipinski definition) is 2. The second-order valence-electron chi connectivity index (χ2n) is 5.21. The molecule has 1 unspecified atom stereocenters. The molecule has 0 radical (unpaired) electrons. The van der Waals surface area contributed by atoms with Crippen LogP contribution in [0.2, 0.25) is 0 Å². The highest BCUT2D eigenvalue weighted by Gasteiger charge is 2.20. The van der Waals surface area contributed by atoms with Gasteiger partial charge in [-0.2, -0.15) is 0 Å². The van der Waals surface area contributed by atoms with Gasteiger partial charge in [-0.15, -0.1) is 0 Å². The monoisotopic (exact) mass is 329 g/mol. The van der Waals surface area contributed by atoms with Crippen molar-refractivity contribution in [2.24, 2.45) is 5.92 Å². The molecule has 0 aromatic heterocycles. The fraction of sp³-hybridized carbons (Fsp3) is 0.600. The molecule has 0 aliphatic heterocycles. The molecule has 2 rings (SSSR count). The predicted molar refractivity (Wildman–Crippen MR) is 78.7 cm³/mol. The zero-order valence-electron chi connectivity index (χ0n) is 11.3. The van der Waals surface area contributed by atoms with Crippen molar-refractivity contribution in [3.63, 3.8) is 0 Å². The number of rotatable bonds is 8. The molecule has 0 spiro atoms. The molecule has 1 N–H and O–H groups in total. The lowest BCUT2D eigenvalue weighted by atomic mass is 10.1. The highest BCUT2D eigenvalue weighted by molar-refractivity contribution is 9.10. The minimum atomic E-state index is -0.212. The smallest absolute Gasteiger partial charge is 0.124 e. The Hall–Kier alpha value is -0.450. The second-order valence-corrected chi connectivity index (χ2v) is 6.07. The number of ether oxygens (including phenoxy) is 1. The number of hydrogen-bond donors (Lipinski definition) is 1. The van der Waals surface area contributed by atoms with Crippen molar-refractivity contribution in [1.82, 2.24) is 5.32 Å². The van der Waals surface area contributed by atoms with Gasteiger partial charge >= 0.3 is 0 Å². The van der Waals surface area contributed by atoms with E-state index in [0.717, 1.165) is 42.1 Å². The van der Waals surface area contributed by atoms with Crippen molar-refractivity contribution in [2.45, 2.75) is 32.2 Å². The first kappa shape index (κ1) is 14.9. The minimum Gasteiger partial charge on any atom is -0.381 e. The van der Waals surface area contributed by atoms with Gasteiger partial charge in [-0.1, -0.05) is 22.0 Å². The summed E-state index contributed by atoms with van der Waals surface area (Å²) in [6.45, 7) is 4.75. The summed E-state index contributed by atoms with van der Waals surface area (Å²) in [5, 5.41) is 3.43. The van der Waals surface area contributed by atoms with Crippen LogP contribution in [-0.2, 0) is 4.74 Å². The van der Waals surface area contributed by atoms with Crippen LogP contribution < -0.4 is 5.32 Å². The van der Waals surface area contributed by atoms with E-state index < -0.39 is 0 Å². The molecule has 1 aromatic rings. The van der Waals surface area contributed by atoms with Gasteiger partial charge in [0.2, 0.25) is 0 Å². The zero-order valence-corrected chi connectivity index (χ0v) is 12.9. The van der Waals surface area contributed by atoms with Gasteiger partial charge in [-0.3, -0.25) is 0 Å². The Labute approximate surface area is 122 Å². The summed E-state index contributed by atoms with van der Waals surface area (Å²) in [4.78, 5) is 0. The third-order valence-electron chi connectivity index (χ3n) is 3.40. The van der Waals surface area contributed by atoms with E-state index in [1.807, 2.05) is 6.07 Å². The highest BCUT2D eigenvalue weighted by atomic mass is 79.9. The molecule has 106 valence electrons. The third kappa shape index (κ3) is 5.21. The van der Waals surface area contributed by atoms with Crippen LogP contribution in [0, 0.1) is 11.7 Å². The van der Waals surface area contributed by atoms with Crippen LogP contribution in [-0.4, -0.2) is 19.8 Å². The van der Waals surface area contributed by atoms with Crippen LogP contribution in [0.1, 0.15) is 37.8 Å². The Bertz CT molecular complexity index is 409. The Balaban J connectivity index is 1.63. The lowest BCUT2D eigenvalue weighted by Crippen LogP contribution is -2.21. The largest absolute Gasteiger partial charge is 0.381 e. The molecule has 1 atom stereocenters. The predicted octanol–water partition coefficient (Wildman–Crippen LogP) is 4.06. The maximum Gasteiger partial charge on any atom is 0.124 e. The van der Waals surface area contributed by atoms with Gasteiger partial charge in [0.05, 0.1) is 0 Å². The van der Waals surface area contributed by atoms with Crippen molar-refractivity contribution in [3.05, 3.63) is 34.1 Å². The van der Waals surface area contributed by atoms with Gasteiger partial charge < -0.3 is 10.1 Å². The minimum absolute atomic E-state index is 0.207. The average Bonchev–Trinajstić information content (AvgIpc) is 3.17. The first-order valence-electron chi connectivity index (χ1n) is 6.93. The van der Waals surface area contributed by atoms with E-state index in [2.05, 4.69) is 28.2 Å². The third-order valence-corrected chi connectivity index (χ3v) is 4.08. The zero-order chi connectivity index (χ0) is 13.7. The molecule has 0 bridgehead atoms. The van der Waals surface area contributed by atoms with Crippen LogP contribution in [0.5, 0.6) is 0 Å². The fourth-order valence-corrected chi connectivity index (χ4v) is 2.68. The summed E-state index contributed by atoms with van der Waals surface area (Å²) in [5.74, 6) is 0.623. The summed E-state index contributed by atoms with van der Waals surface area (Å²) >= 11 is 3.40. The van der Waals surface area contributed by atoms with Crippen molar-refractivity contribution < 1.29 is 9.13 Å². The van der Waals surface area contributed by atoms with E-state index >= 15 is 0 Å². The Morgan fingerprint density at radius 2 is 2.26 bits per heavy atom. The van der Waals surface area contributed by atoms with Crippen LogP contribution in [0.25, 0.3) is 0 Å². The SMILES string of the molecule is CC(NCCCOCC1CC1)c1ccc(F)cc1Br. The van der Waals surface area contributed by atoms with Crippen molar-refractivity contribution in [2.75, 3.05) is 19.8 Å². The summed E-state index contributed by atoms with van der Waals surface area (Å²) < 4.78 is 19.4.